The molecule has 0 aliphatic carbocycles. The van der Waals surface area contributed by atoms with Crippen LogP contribution in [-0.2, 0) is 10.0 Å². The average Bonchev–Trinajstić information content (AvgIpc) is 2.85. The fourth-order valence-corrected chi connectivity index (χ4v) is 2.29. The predicted octanol–water partition coefficient (Wildman–Crippen LogP) is 1.19. The van der Waals surface area contributed by atoms with Gasteiger partial charge in [-0.25, -0.2) is 18.4 Å². The van der Waals surface area contributed by atoms with Crippen molar-refractivity contribution in [3.05, 3.63) is 36.7 Å². The van der Waals surface area contributed by atoms with E-state index in [-0.39, 0.29) is 0 Å². The van der Waals surface area contributed by atoms with E-state index in [9.17, 15) is 8.42 Å². The van der Waals surface area contributed by atoms with Crippen molar-refractivity contribution in [2.75, 3.05) is 11.0 Å². The summed E-state index contributed by atoms with van der Waals surface area (Å²) >= 11 is 0. The minimum atomic E-state index is -3.28. The van der Waals surface area contributed by atoms with Crippen LogP contribution in [0.25, 0.3) is 22.4 Å². The number of benzene rings is 1. The molecule has 1 radical (unpaired) electrons. The average molecular weight is 288 g/mol. The zero-order valence-corrected chi connectivity index (χ0v) is 11.3. The number of hydrogen-bond donors (Lipinski definition) is 2. The molecule has 0 spiro atoms. The molecular weight excluding hydrogens is 278 g/mol. The maximum Gasteiger partial charge on any atom is 0.229 e. The molecular formula is C12H10N5O2S. The second kappa shape index (κ2) is 4.57. The molecule has 8 heteroatoms. The smallest absolute Gasteiger partial charge is 0.229 e. The zero-order valence-electron chi connectivity index (χ0n) is 10.5. The molecule has 0 saturated carbocycles. The zero-order chi connectivity index (χ0) is 14.2. The lowest BCUT2D eigenvalue weighted by Crippen LogP contribution is -2.09. The van der Waals surface area contributed by atoms with Crippen LogP contribution >= 0.6 is 0 Å². The molecule has 0 aliphatic rings. The Labute approximate surface area is 115 Å². The largest absolute Gasteiger partial charge is 0.284 e. The second-order valence-electron chi connectivity index (χ2n) is 4.24. The normalized spacial score (nSPS) is 11.7. The van der Waals surface area contributed by atoms with Gasteiger partial charge in [0, 0.05) is 11.3 Å². The minimum absolute atomic E-state index is 0.489. The third kappa shape index (κ3) is 2.59. The maximum absolute atomic E-state index is 11.1. The fraction of sp³-hybridized carbons (Fsp3) is 0.0833. The summed E-state index contributed by atoms with van der Waals surface area (Å²) in [6.07, 6.45) is 5.53. The number of H-pyrrole nitrogens is 1. The van der Waals surface area contributed by atoms with Crippen molar-refractivity contribution in [3.63, 3.8) is 0 Å². The Morgan fingerprint density at radius 2 is 2.00 bits per heavy atom. The Morgan fingerprint density at radius 3 is 2.70 bits per heavy atom. The molecule has 3 aromatic rings. The van der Waals surface area contributed by atoms with Crippen molar-refractivity contribution in [1.29, 1.82) is 0 Å². The molecule has 1 aromatic carbocycles. The van der Waals surface area contributed by atoms with Crippen LogP contribution in [0.5, 0.6) is 0 Å². The number of fused-ring (bicyclic) bond motifs is 1. The molecule has 2 N–H and O–H groups in total. The van der Waals surface area contributed by atoms with Crippen LogP contribution < -0.4 is 4.72 Å². The summed E-state index contributed by atoms with van der Waals surface area (Å²) in [5, 5.41) is 7.32. The number of aromatic amines is 1. The van der Waals surface area contributed by atoms with E-state index in [0.717, 1.165) is 11.8 Å². The molecule has 0 saturated heterocycles. The molecule has 101 valence electrons. The molecule has 0 bridgehead atoms. The Balaban J connectivity index is 1.94. The van der Waals surface area contributed by atoms with Gasteiger partial charge in [-0.2, -0.15) is 5.10 Å². The SMILES string of the molecule is CS(=O)(=O)Nc1ccc(-c2n[c]c3cn[nH]c3n2)cc1. The van der Waals surface area contributed by atoms with Crippen molar-refractivity contribution in [2.24, 2.45) is 0 Å². The molecule has 7 nitrogen and oxygen atoms in total. The van der Waals surface area contributed by atoms with Crippen LogP contribution in [0.15, 0.2) is 30.5 Å². The van der Waals surface area contributed by atoms with Gasteiger partial charge in [0.2, 0.25) is 10.0 Å². The van der Waals surface area contributed by atoms with Crippen molar-refractivity contribution in [2.45, 2.75) is 0 Å². The third-order valence-corrected chi connectivity index (χ3v) is 3.17. The number of nitrogens with zero attached hydrogens (tertiary/aromatic N) is 3. The highest BCUT2D eigenvalue weighted by molar-refractivity contribution is 7.92. The minimum Gasteiger partial charge on any atom is -0.284 e. The van der Waals surface area contributed by atoms with E-state index in [1.54, 1.807) is 30.5 Å². The van der Waals surface area contributed by atoms with Gasteiger partial charge >= 0.3 is 0 Å². The summed E-state index contributed by atoms with van der Waals surface area (Å²) < 4.78 is 24.6. The van der Waals surface area contributed by atoms with Crippen molar-refractivity contribution >= 4 is 26.7 Å². The van der Waals surface area contributed by atoms with Crippen molar-refractivity contribution < 1.29 is 8.42 Å². The van der Waals surface area contributed by atoms with Gasteiger partial charge in [-0.3, -0.25) is 9.82 Å². The van der Waals surface area contributed by atoms with Crippen molar-refractivity contribution in [3.8, 4) is 11.4 Å². The lowest BCUT2D eigenvalue weighted by molar-refractivity contribution is 0.607. The van der Waals surface area contributed by atoms with Crippen LogP contribution in [-0.4, -0.2) is 34.8 Å². The first-order valence-corrected chi connectivity index (χ1v) is 7.57. The van der Waals surface area contributed by atoms with E-state index in [1.165, 1.54) is 0 Å². The Hall–Kier alpha value is -2.48. The molecule has 2 aromatic heterocycles. The highest BCUT2D eigenvalue weighted by atomic mass is 32.2. The number of nitrogens with one attached hydrogen (secondary N) is 2. The number of hydrogen-bond acceptors (Lipinski definition) is 5. The first-order chi connectivity index (χ1) is 9.51. The fourth-order valence-electron chi connectivity index (χ4n) is 1.72. The molecule has 20 heavy (non-hydrogen) atoms. The molecule has 3 rings (SSSR count). The molecule has 0 unspecified atom stereocenters. The first kappa shape index (κ1) is 12.5. The van der Waals surface area contributed by atoms with Crippen LogP contribution in [0.3, 0.4) is 0 Å². The highest BCUT2D eigenvalue weighted by Crippen LogP contribution is 2.19. The Morgan fingerprint density at radius 1 is 1.25 bits per heavy atom. The molecule has 0 fully saturated rings. The number of aromatic nitrogens is 4. The molecule has 0 amide bonds. The summed E-state index contributed by atoms with van der Waals surface area (Å²) in [5.74, 6) is 0.493. The first-order valence-electron chi connectivity index (χ1n) is 5.68. The van der Waals surface area contributed by atoms with Gasteiger partial charge in [0.15, 0.2) is 11.5 Å². The number of anilines is 1. The summed E-state index contributed by atoms with van der Waals surface area (Å²) in [4.78, 5) is 8.43. The predicted molar refractivity (Wildman–Crippen MR) is 74.4 cm³/mol. The van der Waals surface area contributed by atoms with E-state index < -0.39 is 10.0 Å². The summed E-state index contributed by atoms with van der Waals surface area (Å²) in [7, 11) is -3.28. The lowest BCUT2D eigenvalue weighted by atomic mass is 10.2. The van der Waals surface area contributed by atoms with E-state index in [1.807, 2.05) is 0 Å². The van der Waals surface area contributed by atoms with Gasteiger partial charge in [-0.05, 0) is 24.3 Å². The van der Waals surface area contributed by atoms with Crippen molar-refractivity contribution in [1.82, 2.24) is 20.2 Å². The molecule has 0 atom stereocenters. The summed E-state index contributed by atoms with van der Waals surface area (Å²) in [6.45, 7) is 0. The van der Waals surface area contributed by atoms with E-state index in [2.05, 4.69) is 31.1 Å². The Bertz CT molecular complexity index is 855. The highest BCUT2D eigenvalue weighted by Gasteiger charge is 2.06. The van der Waals surface area contributed by atoms with Gasteiger partial charge in [0.05, 0.1) is 17.8 Å². The maximum atomic E-state index is 11.1. The molecule has 0 aliphatic heterocycles. The van der Waals surface area contributed by atoms with Crippen LogP contribution in [0, 0.1) is 6.20 Å². The number of sulfonamides is 1. The van der Waals surface area contributed by atoms with Gasteiger partial charge in [-0.1, -0.05) is 0 Å². The number of rotatable bonds is 3. The summed E-state index contributed by atoms with van der Waals surface area (Å²) in [6, 6.07) is 6.77. The van der Waals surface area contributed by atoms with Gasteiger partial charge in [0.25, 0.3) is 0 Å². The van der Waals surface area contributed by atoms with Gasteiger partial charge in [-0.15, -0.1) is 0 Å². The second-order valence-corrected chi connectivity index (χ2v) is 5.99. The van der Waals surface area contributed by atoms with Crippen LogP contribution in [0.2, 0.25) is 0 Å². The lowest BCUT2D eigenvalue weighted by Gasteiger charge is -2.04. The van der Waals surface area contributed by atoms with E-state index in [4.69, 9.17) is 0 Å². The quantitative estimate of drug-likeness (QED) is 0.754. The third-order valence-electron chi connectivity index (χ3n) is 2.57. The van der Waals surface area contributed by atoms with E-state index >= 15 is 0 Å². The Kier molecular flexibility index (Phi) is 2.87. The van der Waals surface area contributed by atoms with Crippen LogP contribution in [0.1, 0.15) is 0 Å². The topological polar surface area (TPSA) is 101 Å². The standard InChI is InChI=1S/C12H10N5O2S/c1-20(18,19)17-10-4-2-8(3-5-10)11-13-6-9-7-14-16-12(9)15-11/h2-5,7,17H,1H3,(H,13,14,15,16). The van der Waals surface area contributed by atoms with Crippen LogP contribution in [0.4, 0.5) is 5.69 Å². The van der Waals surface area contributed by atoms with Gasteiger partial charge in [0.1, 0.15) is 6.20 Å². The monoisotopic (exact) mass is 288 g/mol. The summed E-state index contributed by atoms with van der Waals surface area (Å²) in [5.41, 5.74) is 1.85. The van der Waals surface area contributed by atoms with E-state index in [0.29, 0.717) is 22.5 Å². The van der Waals surface area contributed by atoms with Gasteiger partial charge < -0.3 is 0 Å². The molecule has 2 heterocycles.